The first-order chi connectivity index (χ1) is 11.7. The summed E-state index contributed by atoms with van der Waals surface area (Å²) in [6, 6.07) is 0. The van der Waals surface area contributed by atoms with Crippen molar-refractivity contribution in [2.24, 2.45) is 0 Å². The lowest BCUT2D eigenvalue weighted by atomic mass is 9.86. The Morgan fingerprint density at radius 3 is 2.62 bits per heavy atom. The standard InChI is InChI=1S/C16H27N5O3.H2/c1-14(22)24-13-10-21-15(17-18-19-21)16(6-4-2-3-5-7-16)20-8-11-23-12-9-20;/h2-13H2,1H3;1H. The molecule has 0 bridgehead atoms. The van der Waals surface area contributed by atoms with Crippen LogP contribution in [0.5, 0.6) is 0 Å². The number of hydrogen-bond acceptors (Lipinski definition) is 7. The van der Waals surface area contributed by atoms with Crippen LogP contribution in [0.3, 0.4) is 0 Å². The molecule has 1 aliphatic heterocycles. The molecule has 136 valence electrons. The molecule has 2 heterocycles. The highest BCUT2D eigenvalue weighted by Crippen LogP contribution is 2.40. The topological polar surface area (TPSA) is 82.4 Å². The number of tetrazole rings is 1. The van der Waals surface area contributed by atoms with Gasteiger partial charge in [-0.2, -0.15) is 0 Å². The highest BCUT2D eigenvalue weighted by atomic mass is 16.5. The molecule has 0 radical (unpaired) electrons. The normalized spacial score (nSPS) is 22.0. The van der Waals surface area contributed by atoms with Crippen LogP contribution < -0.4 is 0 Å². The smallest absolute Gasteiger partial charge is 0.302 e. The summed E-state index contributed by atoms with van der Waals surface area (Å²) in [4.78, 5) is 13.5. The summed E-state index contributed by atoms with van der Waals surface area (Å²) < 4.78 is 12.4. The van der Waals surface area contributed by atoms with Crippen LogP contribution in [0.2, 0.25) is 0 Å². The molecule has 3 rings (SSSR count). The molecule has 2 fully saturated rings. The second kappa shape index (κ2) is 8.02. The first kappa shape index (κ1) is 17.3. The fourth-order valence-electron chi connectivity index (χ4n) is 3.95. The summed E-state index contributed by atoms with van der Waals surface area (Å²) >= 11 is 0. The number of carbonyl (C=O) groups excluding carboxylic acids is 1. The number of ether oxygens (including phenoxy) is 2. The lowest BCUT2D eigenvalue weighted by molar-refractivity contribution is -0.141. The maximum atomic E-state index is 11.0. The zero-order valence-electron chi connectivity index (χ0n) is 14.4. The number of esters is 1. The lowest BCUT2D eigenvalue weighted by Gasteiger charge is -2.44. The largest absolute Gasteiger partial charge is 0.464 e. The van der Waals surface area contributed by atoms with Crippen LogP contribution in [-0.4, -0.2) is 64.0 Å². The zero-order valence-corrected chi connectivity index (χ0v) is 14.4. The molecule has 0 amide bonds. The van der Waals surface area contributed by atoms with E-state index in [1.165, 1.54) is 32.6 Å². The lowest BCUT2D eigenvalue weighted by Crippen LogP contribution is -2.52. The number of nitrogens with zero attached hydrogens (tertiary/aromatic N) is 5. The minimum absolute atomic E-state index is 0. The molecule has 1 aromatic heterocycles. The Morgan fingerprint density at radius 1 is 1.25 bits per heavy atom. The molecular weight excluding hydrogens is 310 g/mol. The Hall–Kier alpha value is -1.54. The van der Waals surface area contributed by atoms with E-state index in [1.54, 1.807) is 0 Å². The van der Waals surface area contributed by atoms with Gasteiger partial charge in [0.25, 0.3) is 0 Å². The van der Waals surface area contributed by atoms with Gasteiger partial charge in [0.05, 0.1) is 25.3 Å². The van der Waals surface area contributed by atoms with E-state index in [4.69, 9.17) is 9.47 Å². The van der Waals surface area contributed by atoms with Gasteiger partial charge in [-0.3, -0.25) is 9.69 Å². The molecule has 1 aromatic rings. The molecule has 8 nitrogen and oxygen atoms in total. The van der Waals surface area contributed by atoms with Crippen molar-refractivity contribution < 1.29 is 15.7 Å². The number of morpholine rings is 1. The van der Waals surface area contributed by atoms with E-state index in [1.807, 2.05) is 4.68 Å². The van der Waals surface area contributed by atoms with Crippen LogP contribution in [0.4, 0.5) is 0 Å². The maximum Gasteiger partial charge on any atom is 0.302 e. The summed E-state index contributed by atoms with van der Waals surface area (Å²) in [5, 5.41) is 12.5. The van der Waals surface area contributed by atoms with Crippen LogP contribution >= 0.6 is 0 Å². The predicted molar refractivity (Wildman–Crippen MR) is 88.3 cm³/mol. The number of carbonyl (C=O) groups is 1. The van der Waals surface area contributed by atoms with Gasteiger partial charge in [0.1, 0.15) is 6.61 Å². The van der Waals surface area contributed by atoms with Crippen molar-refractivity contribution in [3.8, 4) is 0 Å². The molecule has 1 saturated carbocycles. The van der Waals surface area contributed by atoms with Gasteiger partial charge in [0, 0.05) is 21.4 Å². The molecule has 1 aliphatic carbocycles. The van der Waals surface area contributed by atoms with Gasteiger partial charge in [-0.15, -0.1) is 5.10 Å². The fourth-order valence-corrected chi connectivity index (χ4v) is 3.95. The molecule has 8 heteroatoms. The Labute approximate surface area is 144 Å². The number of rotatable bonds is 5. The van der Waals surface area contributed by atoms with Gasteiger partial charge in [0.15, 0.2) is 5.82 Å². The van der Waals surface area contributed by atoms with Crippen molar-refractivity contribution in [2.75, 3.05) is 32.9 Å². The highest BCUT2D eigenvalue weighted by molar-refractivity contribution is 5.65. The molecule has 2 aliphatic rings. The third kappa shape index (κ3) is 3.75. The highest BCUT2D eigenvalue weighted by Gasteiger charge is 2.43. The second-order valence-electron chi connectivity index (χ2n) is 6.61. The van der Waals surface area contributed by atoms with E-state index in [-0.39, 0.29) is 12.9 Å². The monoisotopic (exact) mass is 339 g/mol. The van der Waals surface area contributed by atoms with Crippen molar-refractivity contribution in [1.82, 2.24) is 25.1 Å². The van der Waals surface area contributed by atoms with E-state index in [2.05, 4.69) is 20.4 Å². The Balaban J connectivity index is 0.00000225. The molecule has 0 atom stereocenters. The predicted octanol–water partition coefficient (Wildman–Crippen LogP) is 1.36. The summed E-state index contributed by atoms with van der Waals surface area (Å²) in [5.41, 5.74) is -0.125. The van der Waals surface area contributed by atoms with Gasteiger partial charge in [-0.1, -0.05) is 25.7 Å². The molecule has 1 saturated heterocycles. The minimum Gasteiger partial charge on any atom is -0.464 e. The Bertz CT molecular complexity index is 540. The fraction of sp³-hybridized carbons (Fsp3) is 0.875. The van der Waals surface area contributed by atoms with Gasteiger partial charge in [0.2, 0.25) is 0 Å². The Kier molecular flexibility index (Phi) is 5.78. The number of hydrogen-bond donors (Lipinski definition) is 0. The van der Waals surface area contributed by atoms with Gasteiger partial charge in [-0.25, -0.2) is 4.68 Å². The zero-order chi connectivity index (χ0) is 16.8. The quantitative estimate of drug-likeness (QED) is 0.592. The van der Waals surface area contributed by atoms with Crippen LogP contribution in [0, 0.1) is 0 Å². The van der Waals surface area contributed by atoms with Crippen molar-refractivity contribution >= 4 is 5.97 Å². The van der Waals surface area contributed by atoms with Crippen molar-refractivity contribution in [3.63, 3.8) is 0 Å². The molecule has 0 N–H and O–H groups in total. The van der Waals surface area contributed by atoms with E-state index < -0.39 is 0 Å². The van der Waals surface area contributed by atoms with Crippen molar-refractivity contribution in [1.29, 1.82) is 0 Å². The third-order valence-electron chi connectivity index (χ3n) is 5.10. The third-order valence-corrected chi connectivity index (χ3v) is 5.10. The van der Waals surface area contributed by atoms with Gasteiger partial charge < -0.3 is 9.47 Å². The van der Waals surface area contributed by atoms with Crippen LogP contribution in [0.25, 0.3) is 0 Å². The average molecular weight is 339 g/mol. The van der Waals surface area contributed by atoms with E-state index in [9.17, 15) is 4.79 Å². The molecule has 0 spiro atoms. The van der Waals surface area contributed by atoms with Crippen molar-refractivity contribution in [2.45, 2.75) is 57.5 Å². The first-order valence-electron chi connectivity index (χ1n) is 8.95. The average Bonchev–Trinajstić information content (AvgIpc) is 2.92. The summed E-state index contributed by atoms with van der Waals surface area (Å²) in [7, 11) is 0. The van der Waals surface area contributed by atoms with Crippen LogP contribution in [0.15, 0.2) is 0 Å². The van der Waals surface area contributed by atoms with Crippen LogP contribution in [-0.2, 0) is 26.4 Å². The molecule has 0 aromatic carbocycles. The van der Waals surface area contributed by atoms with E-state index in [0.29, 0.717) is 13.2 Å². The van der Waals surface area contributed by atoms with Gasteiger partial charge in [-0.05, 0) is 23.3 Å². The molecule has 24 heavy (non-hydrogen) atoms. The second-order valence-corrected chi connectivity index (χ2v) is 6.61. The van der Waals surface area contributed by atoms with Crippen LogP contribution in [0.1, 0.15) is 52.7 Å². The Morgan fingerprint density at radius 2 is 1.96 bits per heavy atom. The van der Waals surface area contributed by atoms with Crippen molar-refractivity contribution in [3.05, 3.63) is 5.82 Å². The summed E-state index contributed by atoms with van der Waals surface area (Å²) in [6.45, 7) is 5.56. The van der Waals surface area contributed by atoms with E-state index >= 15 is 0 Å². The SMILES string of the molecule is CC(=O)OCCn1nnnc1C1(N2CCOCC2)CCCCCC1.[HH]. The summed E-state index contributed by atoms with van der Waals surface area (Å²) in [6.07, 6.45) is 7.05. The van der Waals surface area contributed by atoms with Gasteiger partial charge >= 0.3 is 5.97 Å². The molecule has 0 unspecified atom stereocenters. The summed E-state index contributed by atoms with van der Waals surface area (Å²) in [5.74, 6) is 0.639. The first-order valence-corrected chi connectivity index (χ1v) is 8.95. The number of aromatic nitrogens is 4. The maximum absolute atomic E-state index is 11.0. The minimum atomic E-state index is -0.276. The molecular formula is C16H29N5O3. The van der Waals surface area contributed by atoms with E-state index in [0.717, 1.165) is 45.0 Å².